The Bertz CT molecular complexity index is 669. The van der Waals surface area contributed by atoms with E-state index in [1.165, 1.54) is 37.7 Å². The fourth-order valence-electron chi connectivity index (χ4n) is 4.05. The van der Waals surface area contributed by atoms with Gasteiger partial charge < -0.3 is 5.11 Å². The van der Waals surface area contributed by atoms with Crippen LogP contribution in [0.25, 0.3) is 11.1 Å². The van der Waals surface area contributed by atoms with Crippen LogP contribution in [0.15, 0.2) is 42.5 Å². The Hall–Kier alpha value is -1.67. The summed E-state index contributed by atoms with van der Waals surface area (Å²) in [6.45, 7) is 2.40. The van der Waals surface area contributed by atoms with E-state index in [9.17, 15) is 4.39 Å². The van der Waals surface area contributed by atoms with Gasteiger partial charge in [0.2, 0.25) is 0 Å². The van der Waals surface area contributed by atoms with Gasteiger partial charge in [0, 0.05) is 6.61 Å². The Labute approximate surface area is 150 Å². The smallest absolute Gasteiger partial charge is 0.127 e. The van der Waals surface area contributed by atoms with Crippen molar-refractivity contribution in [2.24, 2.45) is 5.92 Å². The van der Waals surface area contributed by atoms with E-state index in [4.69, 9.17) is 5.11 Å². The van der Waals surface area contributed by atoms with Gasteiger partial charge in [0.05, 0.1) is 0 Å². The number of aliphatic hydroxyl groups excluding tert-OH is 1. The molecule has 0 radical (unpaired) electrons. The molecule has 2 aromatic carbocycles. The predicted octanol–water partition coefficient (Wildman–Crippen LogP) is 6.10. The van der Waals surface area contributed by atoms with Gasteiger partial charge in [-0.25, -0.2) is 4.39 Å². The van der Waals surface area contributed by atoms with Gasteiger partial charge in [0.1, 0.15) is 5.82 Å². The van der Waals surface area contributed by atoms with Gasteiger partial charge >= 0.3 is 0 Å². The van der Waals surface area contributed by atoms with E-state index >= 15 is 0 Å². The lowest BCUT2D eigenvalue weighted by Crippen LogP contribution is -2.12. The highest BCUT2D eigenvalue weighted by molar-refractivity contribution is 5.64. The lowest BCUT2D eigenvalue weighted by atomic mass is 9.77. The van der Waals surface area contributed by atoms with Crippen LogP contribution in [0.2, 0.25) is 0 Å². The first-order chi connectivity index (χ1) is 12.2. The van der Waals surface area contributed by atoms with E-state index in [1.54, 1.807) is 6.07 Å². The molecule has 1 nitrogen and oxygen atoms in total. The summed E-state index contributed by atoms with van der Waals surface area (Å²) in [6.07, 6.45) is 7.80. The minimum Gasteiger partial charge on any atom is -0.396 e. The maximum Gasteiger partial charge on any atom is 0.127 e. The number of benzene rings is 2. The summed E-state index contributed by atoms with van der Waals surface area (Å²) in [5.74, 6) is 1.44. The van der Waals surface area contributed by atoms with Crippen molar-refractivity contribution < 1.29 is 9.50 Å². The van der Waals surface area contributed by atoms with E-state index in [0.29, 0.717) is 24.3 Å². The number of rotatable bonds is 6. The topological polar surface area (TPSA) is 20.2 Å². The fraction of sp³-hybridized carbons (Fsp3) is 0.478. The Kier molecular flexibility index (Phi) is 6.25. The zero-order chi connectivity index (χ0) is 17.6. The third kappa shape index (κ3) is 4.49. The number of aryl methyl sites for hydroxylation is 1. The summed E-state index contributed by atoms with van der Waals surface area (Å²) < 4.78 is 14.2. The van der Waals surface area contributed by atoms with Gasteiger partial charge in [0.25, 0.3) is 0 Å². The molecule has 1 fully saturated rings. The van der Waals surface area contributed by atoms with E-state index in [2.05, 4.69) is 31.2 Å². The Morgan fingerprint density at radius 1 is 0.960 bits per heavy atom. The van der Waals surface area contributed by atoms with Crippen LogP contribution in [0.4, 0.5) is 4.39 Å². The lowest BCUT2D eigenvalue weighted by Gasteiger charge is -2.28. The summed E-state index contributed by atoms with van der Waals surface area (Å²) in [5.41, 5.74) is 4.10. The molecule has 0 aromatic heterocycles. The van der Waals surface area contributed by atoms with Gasteiger partial charge in [-0.2, -0.15) is 0 Å². The average molecular weight is 340 g/mol. The van der Waals surface area contributed by atoms with Gasteiger partial charge in [-0.1, -0.05) is 49.7 Å². The Morgan fingerprint density at radius 2 is 1.64 bits per heavy atom. The first kappa shape index (κ1) is 18.1. The molecular weight excluding hydrogens is 311 g/mol. The van der Waals surface area contributed by atoms with Crippen molar-refractivity contribution in [1.82, 2.24) is 0 Å². The highest BCUT2D eigenvalue weighted by Gasteiger charge is 2.21. The molecule has 1 N–H and O–H groups in total. The van der Waals surface area contributed by atoms with E-state index < -0.39 is 0 Å². The molecule has 0 aliphatic heterocycles. The van der Waals surface area contributed by atoms with Gasteiger partial charge in [-0.3, -0.25) is 0 Å². The van der Waals surface area contributed by atoms with Crippen LogP contribution in [0, 0.1) is 11.7 Å². The largest absolute Gasteiger partial charge is 0.396 e. The maximum absolute atomic E-state index is 14.2. The van der Waals surface area contributed by atoms with Crippen LogP contribution < -0.4 is 0 Å². The van der Waals surface area contributed by atoms with Gasteiger partial charge in [-0.15, -0.1) is 0 Å². The molecule has 134 valence electrons. The van der Waals surface area contributed by atoms with E-state index in [-0.39, 0.29) is 12.4 Å². The third-order valence-electron chi connectivity index (χ3n) is 5.80. The summed E-state index contributed by atoms with van der Waals surface area (Å²) in [6, 6.07) is 14.2. The van der Waals surface area contributed by atoms with E-state index in [0.717, 1.165) is 17.0 Å². The van der Waals surface area contributed by atoms with Crippen LogP contribution in [-0.4, -0.2) is 11.7 Å². The number of hydrogen-bond acceptors (Lipinski definition) is 1. The number of halogens is 1. The highest BCUT2D eigenvalue weighted by Crippen LogP contribution is 2.37. The zero-order valence-electron chi connectivity index (χ0n) is 15.2. The van der Waals surface area contributed by atoms with Crippen molar-refractivity contribution in [3.05, 3.63) is 59.4 Å². The summed E-state index contributed by atoms with van der Waals surface area (Å²) in [5, 5.41) is 8.89. The molecule has 0 spiro atoms. The number of aliphatic hydroxyl groups is 1. The first-order valence-electron chi connectivity index (χ1n) is 9.71. The maximum atomic E-state index is 14.2. The van der Waals surface area contributed by atoms with Crippen LogP contribution in [0.3, 0.4) is 0 Å². The molecule has 0 bridgehead atoms. The number of hydrogen-bond donors (Lipinski definition) is 1. The molecule has 1 aliphatic carbocycles. The summed E-state index contributed by atoms with van der Waals surface area (Å²) in [7, 11) is 0. The summed E-state index contributed by atoms with van der Waals surface area (Å²) in [4.78, 5) is 0. The quantitative estimate of drug-likeness (QED) is 0.673. The molecule has 0 unspecified atom stereocenters. The standard InChI is InChI=1S/C23H29FO/c1-2-17-5-7-18(8-6-17)19-9-11-20(12-10-19)22-14-13-21(4-3-15-25)23(24)16-22/h9-14,16-18,25H,2-8,15H2,1H3. The summed E-state index contributed by atoms with van der Waals surface area (Å²) >= 11 is 0. The van der Waals surface area contributed by atoms with Gasteiger partial charge in [0.15, 0.2) is 0 Å². The van der Waals surface area contributed by atoms with Crippen molar-refractivity contribution >= 4 is 0 Å². The Balaban J connectivity index is 1.69. The molecule has 1 saturated carbocycles. The lowest BCUT2D eigenvalue weighted by molar-refractivity contribution is 0.288. The van der Waals surface area contributed by atoms with E-state index in [1.807, 2.05) is 12.1 Å². The molecule has 0 amide bonds. The molecule has 0 atom stereocenters. The average Bonchev–Trinajstić information content (AvgIpc) is 2.67. The molecule has 0 saturated heterocycles. The van der Waals surface area contributed by atoms with Crippen LogP contribution in [0.5, 0.6) is 0 Å². The zero-order valence-corrected chi connectivity index (χ0v) is 15.2. The normalized spacial score (nSPS) is 20.6. The van der Waals surface area contributed by atoms with Crippen LogP contribution >= 0.6 is 0 Å². The monoisotopic (exact) mass is 340 g/mol. The second kappa shape index (κ2) is 8.62. The minimum atomic E-state index is -0.173. The van der Waals surface area contributed by atoms with Crippen molar-refractivity contribution in [2.45, 2.75) is 57.8 Å². The van der Waals surface area contributed by atoms with Crippen LogP contribution in [0.1, 0.15) is 62.5 Å². The highest BCUT2D eigenvalue weighted by atomic mass is 19.1. The molecular formula is C23H29FO. The van der Waals surface area contributed by atoms with Crippen LogP contribution in [-0.2, 0) is 6.42 Å². The SMILES string of the molecule is CCC1CCC(c2ccc(-c3ccc(CCCO)c(F)c3)cc2)CC1. The predicted molar refractivity (Wildman–Crippen MR) is 102 cm³/mol. The van der Waals surface area contributed by atoms with Crippen molar-refractivity contribution in [2.75, 3.05) is 6.61 Å². The second-order valence-corrected chi connectivity index (χ2v) is 7.38. The molecule has 2 aromatic rings. The van der Waals surface area contributed by atoms with Crippen molar-refractivity contribution in [3.63, 3.8) is 0 Å². The third-order valence-corrected chi connectivity index (χ3v) is 5.80. The second-order valence-electron chi connectivity index (χ2n) is 7.38. The van der Waals surface area contributed by atoms with Crippen molar-refractivity contribution in [3.8, 4) is 11.1 Å². The minimum absolute atomic E-state index is 0.100. The molecule has 2 heteroatoms. The molecule has 1 aliphatic rings. The molecule has 3 rings (SSSR count). The molecule has 0 heterocycles. The fourth-order valence-corrected chi connectivity index (χ4v) is 4.05. The van der Waals surface area contributed by atoms with Gasteiger partial charge in [-0.05, 0) is 78.7 Å². The van der Waals surface area contributed by atoms with Crippen molar-refractivity contribution in [1.29, 1.82) is 0 Å². The Morgan fingerprint density at radius 3 is 2.24 bits per heavy atom. The molecule has 25 heavy (non-hydrogen) atoms. The first-order valence-corrected chi connectivity index (χ1v) is 9.71.